The van der Waals surface area contributed by atoms with Crippen LogP contribution in [0, 0.1) is 6.92 Å². The van der Waals surface area contributed by atoms with Gasteiger partial charge in [-0.25, -0.2) is 14.9 Å². The molecule has 0 bridgehead atoms. The van der Waals surface area contributed by atoms with Gasteiger partial charge in [0.25, 0.3) is 5.91 Å². The van der Waals surface area contributed by atoms with Crippen molar-refractivity contribution in [2.45, 2.75) is 6.92 Å². The smallest absolute Gasteiger partial charge is 0.339 e. The summed E-state index contributed by atoms with van der Waals surface area (Å²) in [5.74, 6) is -0.241. The predicted molar refractivity (Wildman–Crippen MR) is 116 cm³/mol. The van der Waals surface area contributed by atoms with Gasteiger partial charge in [0.05, 0.1) is 28.5 Å². The van der Waals surface area contributed by atoms with Crippen molar-refractivity contribution in [1.82, 2.24) is 14.8 Å². The van der Waals surface area contributed by atoms with Crippen LogP contribution < -0.4 is 27.0 Å². The highest BCUT2D eigenvalue weighted by molar-refractivity contribution is 5.84. The summed E-state index contributed by atoms with van der Waals surface area (Å²) in [4.78, 5) is 24.1. The van der Waals surface area contributed by atoms with Gasteiger partial charge in [-0.3, -0.25) is 9.48 Å². The molecule has 0 spiro atoms. The molecule has 158 valence electrons. The number of nitrogen functional groups attached to an aromatic ring is 1. The minimum atomic E-state index is -0.560. The minimum Gasteiger partial charge on any atom is -0.483 e. The third-order valence-corrected chi connectivity index (χ3v) is 4.87. The molecule has 0 aliphatic heterocycles. The van der Waals surface area contributed by atoms with Crippen molar-refractivity contribution in [3.05, 3.63) is 82.3 Å². The second-order valence-corrected chi connectivity index (χ2v) is 6.85. The zero-order chi connectivity index (χ0) is 22.0. The number of fused-ring (bicyclic) bond motifs is 1. The van der Waals surface area contributed by atoms with E-state index in [0.717, 1.165) is 11.4 Å². The maximum Gasteiger partial charge on any atom is 0.339 e. The fourth-order valence-electron chi connectivity index (χ4n) is 3.21. The van der Waals surface area contributed by atoms with E-state index in [1.54, 1.807) is 28.9 Å². The summed E-state index contributed by atoms with van der Waals surface area (Å²) < 4.78 is 14.3. The van der Waals surface area contributed by atoms with Gasteiger partial charge >= 0.3 is 5.63 Å². The average molecular weight is 419 g/mol. The fourth-order valence-corrected chi connectivity index (χ4v) is 3.21. The van der Waals surface area contributed by atoms with Crippen LogP contribution in [0.5, 0.6) is 5.75 Å². The Balaban J connectivity index is 1.57. The van der Waals surface area contributed by atoms with E-state index in [0.29, 0.717) is 22.1 Å². The van der Waals surface area contributed by atoms with E-state index in [4.69, 9.17) is 14.9 Å². The first-order valence-electron chi connectivity index (χ1n) is 9.53. The average Bonchev–Trinajstić information content (AvgIpc) is 3.00. The normalized spacial score (nSPS) is 11.6. The van der Waals surface area contributed by atoms with E-state index in [1.165, 1.54) is 6.07 Å². The second-order valence-electron chi connectivity index (χ2n) is 6.85. The van der Waals surface area contributed by atoms with Crippen molar-refractivity contribution >= 4 is 22.6 Å². The van der Waals surface area contributed by atoms with E-state index in [-0.39, 0.29) is 12.4 Å². The Morgan fingerprint density at radius 2 is 1.87 bits per heavy atom. The summed E-state index contributed by atoms with van der Waals surface area (Å²) in [6.07, 6.45) is 0. The molecular formula is C22H21N5O4. The molecule has 0 saturated heterocycles. The molecule has 31 heavy (non-hydrogen) atoms. The highest BCUT2D eigenvalue weighted by Crippen LogP contribution is 2.23. The molecule has 1 amide bonds. The Hall–Kier alpha value is -4.27. The fraction of sp³-hybridized carbons (Fsp3) is 0.136. The Kier molecular flexibility index (Phi) is 5.31. The second kappa shape index (κ2) is 8.23. The van der Waals surface area contributed by atoms with Gasteiger partial charge < -0.3 is 14.9 Å². The van der Waals surface area contributed by atoms with E-state index >= 15 is 0 Å². The zero-order valence-electron chi connectivity index (χ0n) is 17.0. The van der Waals surface area contributed by atoms with Crippen molar-refractivity contribution in [2.75, 3.05) is 12.3 Å². The van der Waals surface area contributed by atoms with E-state index in [2.05, 4.69) is 10.5 Å². The summed E-state index contributed by atoms with van der Waals surface area (Å²) in [5, 5.41) is 4.81. The third kappa shape index (κ3) is 3.93. The number of hydrogen-bond acceptors (Lipinski definition) is 6. The van der Waals surface area contributed by atoms with Gasteiger partial charge in [-0.05, 0) is 31.2 Å². The van der Waals surface area contributed by atoms with Crippen LogP contribution in [0.4, 0.5) is 5.69 Å². The first-order chi connectivity index (χ1) is 15.0. The topological polar surface area (TPSA) is 117 Å². The maximum atomic E-state index is 12.4. The molecule has 0 unspecified atom stereocenters. The number of benzene rings is 2. The molecule has 3 N–H and O–H groups in total. The first kappa shape index (κ1) is 20.0. The standard InChI is InChI=1S/C22H21N5O4/c1-14-21(23)22(27(26(14)2)15-8-4-3-5-9-15)25-24-19(28)13-30-18-12-20(29)31-17-11-7-6-10-16(17)18/h3-12H,13,23H2,1-2H3,(H,24,28)/b25-22+. The number of carbonyl (C=O) groups excluding carboxylic acids is 1. The quantitative estimate of drug-likeness (QED) is 0.378. The number of amides is 1. The van der Waals surface area contributed by atoms with Crippen molar-refractivity contribution in [3.63, 3.8) is 0 Å². The first-order valence-corrected chi connectivity index (χ1v) is 9.53. The van der Waals surface area contributed by atoms with Crippen molar-refractivity contribution in [3.8, 4) is 11.4 Å². The van der Waals surface area contributed by atoms with Gasteiger partial charge in [-0.15, -0.1) is 0 Å². The SMILES string of the molecule is Cc1c(N)/c(=N\NC(=O)COc2cc(=O)oc3ccccc23)n(-c2ccccc2)n1C. The molecule has 0 aliphatic carbocycles. The van der Waals surface area contributed by atoms with Crippen molar-refractivity contribution in [1.29, 1.82) is 0 Å². The zero-order valence-corrected chi connectivity index (χ0v) is 17.0. The van der Waals surface area contributed by atoms with Crippen molar-refractivity contribution < 1.29 is 13.9 Å². The lowest BCUT2D eigenvalue weighted by molar-refractivity contribution is -0.123. The molecule has 0 aliphatic rings. The Morgan fingerprint density at radius 1 is 1.16 bits per heavy atom. The molecule has 0 saturated carbocycles. The Labute approximate surface area is 177 Å². The van der Waals surface area contributed by atoms with Gasteiger partial charge in [0.15, 0.2) is 12.1 Å². The summed E-state index contributed by atoms with van der Waals surface area (Å²) in [5.41, 5.74) is 11.0. The van der Waals surface area contributed by atoms with Gasteiger partial charge in [0, 0.05) is 7.05 Å². The largest absolute Gasteiger partial charge is 0.483 e. The Morgan fingerprint density at radius 3 is 2.65 bits per heavy atom. The molecule has 9 heteroatoms. The van der Waals surface area contributed by atoms with Gasteiger partial charge in [0.1, 0.15) is 11.3 Å². The molecule has 9 nitrogen and oxygen atoms in total. The third-order valence-electron chi connectivity index (χ3n) is 4.87. The van der Waals surface area contributed by atoms with Gasteiger partial charge in [-0.2, -0.15) is 5.10 Å². The molecule has 0 atom stereocenters. The van der Waals surface area contributed by atoms with Crippen molar-refractivity contribution in [2.24, 2.45) is 12.1 Å². The molecule has 2 heterocycles. The number of aromatic nitrogens is 2. The van der Waals surface area contributed by atoms with Gasteiger partial charge in [-0.1, -0.05) is 30.3 Å². The van der Waals surface area contributed by atoms with Crippen LogP contribution in [0.3, 0.4) is 0 Å². The minimum absolute atomic E-state index is 0.261. The highest BCUT2D eigenvalue weighted by Gasteiger charge is 2.13. The van der Waals surface area contributed by atoms with Crippen LogP contribution in [0.15, 0.2) is 75.0 Å². The van der Waals surface area contributed by atoms with E-state index in [1.807, 2.05) is 49.0 Å². The monoisotopic (exact) mass is 419 g/mol. The molecule has 4 aromatic rings. The van der Waals surface area contributed by atoms with E-state index < -0.39 is 11.5 Å². The van der Waals surface area contributed by atoms with Crippen LogP contribution in [-0.4, -0.2) is 21.9 Å². The number of carbonyl (C=O) groups is 1. The number of nitrogens with one attached hydrogen (secondary N) is 1. The van der Waals surface area contributed by atoms with Crippen LogP contribution in [-0.2, 0) is 11.8 Å². The van der Waals surface area contributed by atoms with Crippen LogP contribution in [0.2, 0.25) is 0 Å². The molecule has 0 radical (unpaired) electrons. The van der Waals surface area contributed by atoms with E-state index in [9.17, 15) is 9.59 Å². The Bertz CT molecular complexity index is 1380. The number of nitrogens with zero attached hydrogens (tertiary/aromatic N) is 3. The molecule has 2 aromatic carbocycles. The highest BCUT2D eigenvalue weighted by atomic mass is 16.5. The van der Waals surface area contributed by atoms with Crippen LogP contribution in [0.25, 0.3) is 16.7 Å². The number of rotatable bonds is 5. The van der Waals surface area contributed by atoms with Gasteiger partial charge in [0.2, 0.25) is 0 Å². The number of anilines is 1. The summed E-state index contributed by atoms with van der Waals surface area (Å²) in [6, 6.07) is 17.7. The summed E-state index contributed by atoms with van der Waals surface area (Å²) in [6.45, 7) is 1.53. The predicted octanol–water partition coefficient (Wildman–Crippen LogP) is 1.82. The number of ether oxygens (including phenoxy) is 1. The summed E-state index contributed by atoms with van der Waals surface area (Å²) in [7, 11) is 1.86. The lowest BCUT2D eigenvalue weighted by Crippen LogP contribution is -2.30. The number of nitrogens with two attached hydrogens (primary N) is 1. The molecule has 0 fully saturated rings. The van der Waals surface area contributed by atoms with Crippen LogP contribution >= 0.6 is 0 Å². The molecular weight excluding hydrogens is 398 g/mol. The number of hydrogen-bond donors (Lipinski definition) is 2. The number of para-hydroxylation sites is 2. The molecule has 2 aromatic heterocycles. The van der Waals surface area contributed by atoms with Crippen LogP contribution in [0.1, 0.15) is 5.69 Å². The maximum absolute atomic E-state index is 12.4. The summed E-state index contributed by atoms with van der Waals surface area (Å²) >= 11 is 0. The lowest BCUT2D eigenvalue weighted by atomic mass is 10.2. The lowest BCUT2D eigenvalue weighted by Gasteiger charge is -2.09. The molecule has 4 rings (SSSR count).